The van der Waals surface area contributed by atoms with Gasteiger partial charge in [0.15, 0.2) is 11.8 Å². The fourth-order valence-corrected chi connectivity index (χ4v) is 4.59. The maximum Gasteiger partial charge on any atom is 0.338 e. The van der Waals surface area contributed by atoms with Crippen LogP contribution in [0.25, 0.3) is 0 Å². The van der Waals surface area contributed by atoms with E-state index in [2.05, 4.69) is 11.9 Å². The summed E-state index contributed by atoms with van der Waals surface area (Å²) in [5.41, 5.74) is 0.590. The molecule has 0 aliphatic carbocycles. The van der Waals surface area contributed by atoms with E-state index < -0.39 is 29.2 Å². The molecule has 3 rings (SSSR count). The number of nitrogens with zero attached hydrogens (tertiary/aromatic N) is 1. The van der Waals surface area contributed by atoms with Crippen LogP contribution in [0.5, 0.6) is 0 Å². The van der Waals surface area contributed by atoms with Gasteiger partial charge < -0.3 is 14.8 Å². The maximum atomic E-state index is 13.4. The molecule has 0 saturated carbocycles. The third kappa shape index (κ3) is 5.93. The zero-order valence-corrected chi connectivity index (χ0v) is 22.5. The fraction of sp³-hybridized carbons (Fsp3) is 0.433. The molecule has 2 aromatic rings. The van der Waals surface area contributed by atoms with Gasteiger partial charge in [-0.25, -0.2) is 14.5 Å². The van der Waals surface area contributed by atoms with Crippen molar-refractivity contribution in [1.82, 2.24) is 10.2 Å². The zero-order chi connectivity index (χ0) is 27.2. The second-order valence-electron chi connectivity index (χ2n) is 10.0. The second kappa shape index (κ2) is 11.7. The number of benzene rings is 2. The average molecular weight is 507 g/mol. The van der Waals surface area contributed by atoms with Crippen molar-refractivity contribution in [3.8, 4) is 0 Å². The zero-order valence-electron chi connectivity index (χ0n) is 22.5. The molecule has 2 aromatic carbocycles. The summed E-state index contributed by atoms with van der Waals surface area (Å²) in [4.78, 5) is 40.8. The summed E-state index contributed by atoms with van der Waals surface area (Å²) in [5, 5.41) is 2.96. The van der Waals surface area contributed by atoms with Gasteiger partial charge in [0.1, 0.15) is 6.61 Å². The first-order valence-electron chi connectivity index (χ1n) is 12.8. The monoisotopic (exact) mass is 506 g/mol. The topological polar surface area (TPSA) is 84.9 Å². The predicted molar refractivity (Wildman–Crippen MR) is 142 cm³/mol. The molecule has 1 aliphatic rings. The minimum absolute atomic E-state index is 0.104. The normalized spacial score (nSPS) is 17.5. The first kappa shape index (κ1) is 28.1. The fourth-order valence-electron chi connectivity index (χ4n) is 4.59. The van der Waals surface area contributed by atoms with Gasteiger partial charge >= 0.3 is 12.0 Å². The van der Waals surface area contributed by atoms with Crippen molar-refractivity contribution in [1.29, 1.82) is 0 Å². The largest absolute Gasteiger partial charge is 0.459 e. The molecular weight excluding hydrogens is 468 g/mol. The van der Waals surface area contributed by atoms with Crippen molar-refractivity contribution in [2.45, 2.75) is 78.4 Å². The minimum atomic E-state index is -1.38. The molecule has 37 heavy (non-hydrogen) atoms. The molecule has 7 heteroatoms. The van der Waals surface area contributed by atoms with Crippen molar-refractivity contribution >= 4 is 17.9 Å². The van der Waals surface area contributed by atoms with Crippen LogP contribution < -0.4 is 5.32 Å². The molecule has 1 aliphatic heterocycles. The van der Waals surface area contributed by atoms with Crippen LogP contribution in [0.4, 0.5) is 4.79 Å². The number of carbonyl (C=O) groups is 3. The number of imide groups is 1. The average Bonchev–Trinajstić information content (AvgIpc) is 2.88. The molecule has 0 spiro atoms. The molecule has 198 valence electrons. The lowest BCUT2D eigenvalue weighted by atomic mass is 9.71. The Hall–Kier alpha value is -3.45. The van der Waals surface area contributed by atoms with Crippen LogP contribution in [0.2, 0.25) is 0 Å². The Morgan fingerprint density at radius 1 is 1.11 bits per heavy atom. The number of rotatable bonds is 11. The minimum Gasteiger partial charge on any atom is -0.459 e. The number of amides is 3. The molecule has 0 aromatic heterocycles. The standard InChI is InChI=1S/C30H38N2O5/c1-7-13-24(23-18-16-21(4)17-19-23)31-28(35)32-25(33)30(8-2,9-3)26(32)37-29(5,6)27(34)36-20-22-14-11-10-12-15-22/h7,10-12,14-19,24,26H,1,8-9,13,20H2,2-6H3,(H,31,35)/t24-,26?/m1/s1. The van der Waals surface area contributed by atoms with Crippen molar-refractivity contribution in [3.63, 3.8) is 0 Å². The van der Waals surface area contributed by atoms with E-state index in [1.54, 1.807) is 19.9 Å². The Balaban J connectivity index is 1.78. The molecule has 1 heterocycles. The van der Waals surface area contributed by atoms with E-state index >= 15 is 0 Å². The summed E-state index contributed by atoms with van der Waals surface area (Å²) in [7, 11) is 0. The number of esters is 1. The number of ether oxygens (including phenoxy) is 2. The summed E-state index contributed by atoms with van der Waals surface area (Å²) in [6.07, 6.45) is 2.26. The van der Waals surface area contributed by atoms with Crippen LogP contribution in [0, 0.1) is 12.3 Å². The van der Waals surface area contributed by atoms with E-state index in [4.69, 9.17) is 9.47 Å². The van der Waals surface area contributed by atoms with Gasteiger partial charge in [-0.3, -0.25) is 4.79 Å². The molecule has 3 amide bonds. The first-order chi connectivity index (χ1) is 17.6. The lowest BCUT2D eigenvalue weighted by molar-refractivity contribution is -0.242. The van der Waals surface area contributed by atoms with E-state index in [1.165, 1.54) is 0 Å². The Morgan fingerprint density at radius 2 is 1.73 bits per heavy atom. The number of urea groups is 1. The van der Waals surface area contributed by atoms with Crippen LogP contribution in [0.1, 0.15) is 69.7 Å². The molecule has 1 N–H and O–H groups in total. The summed E-state index contributed by atoms with van der Waals surface area (Å²) in [6.45, 7) is 12.9. The molecular formula is C30H38N2O5. The highest BCUT2D eigenvalue weighted by Crippen LogP contribution is 2.47. The first-order valence-corrected chi connectivity index (χ1v) is 12.8. The molecule has 7 nitrogen and oxygen atoms in total. The highest BCUT2D eigenvalue weighted by molar-refractivity contribution is 6.03. The number of aryl methyl sites for hydroxylation is 1. The molecule has 2 atom stereocenters. The van der Waals surface area contributed by atoms with Gasteiger partial charge in [0.25, 0.3) is 0 Å². The SMILES string of the molecule is C=CC[C@@H](NC(=O)N1C(=O)C(CC)(CC)C1OC(C)(C)C(=O)OCc1ccccc1)c1ccc(C)cc1. The lowest BCUT2D eigenvalue weighted by Gasteiger charge is -2.55. The summed E-state index contributed by atoms with van der Waals surface area (Å²) >= 11 is 0. The Bertz CT molecular complexity index is 1110. The smallest absolute Gasteiger partial charge is 0.338 e. The molecule has 1 fully saturated rings. The van der Waals surface area contributed by atoms with Gasteiger partial charge in [-0.15, -0.1) is 6.58 Å². The number of likely N-dealkylation sites (tertiary alicyclic amines) is 1. The summed E-state index contributed by atoms with van der Waals surface area (Å²) in [5.74, 6) is -0.879. The van der Waals surface area contributed by atoms with Gasteiger partial charge in [-0.1, -0.05) is 80.1 Å². The Morgan fingerprint density at radius 3 is 2.30 bits per heavy atom. The van der Waals surface area contributed by atoms with Crippen molar-refractivity contribution < 1.29 is 23.9 Å². The predicted octanol–water partition coefficient (Wildman–Crippen LogP) is 5.84. The van der Waals surface area contributed by atoms with Crippen molar-refractivity contribution in [3.05, 3.63) is 83.9 Å². The van der Waals surface area contributed by atoms with Crippen molar-refractivity contribution in [2.75, 3.05) is 0 Å². The van der Waals surface area contributed by atoms with Crippen LogP contribution >= 0.6 is 0 Å². The van der Waals surface area contributed by atoms with Crippen LogP contribution in [-0.2, 0) is 25.7 Å². The van der Waals surface area contributed by atoms with Gasteiger partial charge in [0, 0.05) is 0 Å². The highest BCUT2D eigenvalue weighted by Gasteiger charge is 2.63. The number of hydrogen-bond acceptors (Lipinski definition) is 5. The van der Waals surface area contributed by atoms with Crippen molar-refractivity contribution in [2.24, 2.45) is 5.41 Å². The molecule has 1 unspecified atom stereocenters. The summed E-state index contributed by atoms with van der Waals surface area (Å²) < 4.78 is 11.7. The third-order valence-electron chi connectivity index (χ3n) is 7.12. The Labute approximate surface area is 219 Å². The maximum absolute atomic E-state index is 13.4. The van der Waals surface area contributed by atoms with Crippen LogP contribution in [0.3, 0.4) is 0 Å². The van der Waals surface area contributed by atoms with E-state index in [-0.39, 0.29) is 18.6 Å². The summed E-state index contributed by atoms with van der Waals surface area (Å²) in [6, 6.07) is 16.3. The molecule has 0 bridgehead atoms. The van der Waals surface area contributed by atoms with E-state index in [1.807, 2.05) is 75.4 Å². The molecule has 0 radical (unpaired) electrons. The number of nitrogens with one attached hydrogen (secondary N) is 1. The lowest BCUT2D eigenvalue weighted by Crippen LogP contribution is -2.74. The molecule has 1 saturated heterocycles. The highest BCUT2D eigenvalue weighted by atomic mass is 16.6. The van der Waals surface area contributed by atoms with Crippen LogP contribution in [-0.4, -0.2) is 34.6 Å². The number of carbonyl (C=O) groups excluding carboxylic acids is 3. The van der Waals surface area contributed by atoms with Gasteiger partial charge in [0.2, 0.25) is 5.91 Å². The number of hydrogen-bond donors (Lipinski definition) is 1. The quantitative estimate of drug-likeness (QED) is 0.235. The third-order valence-corrected chi connectivity index (χ3v) is 7.12. The second-order valence-corrected chi connectivity index (χ2v) is 10.0. The number of β-lactam (4-membered cyclic amide) rings is 1. The van der Waals surface area contributed by atoms with Gasteiger partial charge in [-0.2, -0.15) is 0 Å². The van der Waals surface area contributed by atoms with E-state index in [0.717, 1.165) is 21.6 Å². The van der Waals surface area contributed by atoms with Gasteiger partial charge in [-0.05, 0) is 51.2 Å². The van der Waals surface area contributed by atoms with Crippen LogP contribution in [0.15, 0.2) is 67.3 Å². The Kier molecular flexibility index (Phi) is 8.92. The van der Waals surface area contributed by atoms with E-state index in [0.29, 0.717) is 19.3 Å². The van der Waals surface area contributed by atoms with E-state index in [9.17, 15) is 14.4 Å². The van der Waals surface area contributed by atoms with Gasteiger partial charge in [0.05, 0.1) is 11.5 Å².